The van der Waals surface area contributed by atoms with Crippen LogP contribution in [0, 0.1) is 5.92 Å². The summed E-state index contributed by atoms with van der Waals surface area (Å²) >= 11 is 3.49. The van der Waals surface area contributed by atoms with Crippen LogP contribution in [0.1, 0.15) is 18.0 Å². The summed E-state index contributed by atoms with van der Waals surface area (Å²) in [5.74, 6) is 0.733. The molecule has 2 rings (SSSR count). The summed E-state index contributed by atoms with van der Waals surface area (Å²) < 4.78 is 1.15. The van der Waals surface area contributed by atoms with Crippen LogP contribution in [0.25, 0.3) is 0 Å². The highest BCUT2D eigenvalue weighted by Crippen LogP contribution is 2.31. The van der Waals surface area contributed by atoms with Gasteiger partial charge in [0.25, 0.3) is 0 Å². The van der Waals surface area contributed by atoms with E-state index < -0.39 is 0 Å². The van der Waals surface area contributed by atoms with Crippen molar-refractivity contribution in [2.24, 2.45) is 5.92 Å². The molecule has 1 aromatic carbocycles. The van der Waals surface area contributed by atoms with Crippen LogP contribution in [-0.2, 0) is 0 Å². The molecule has 2 nitrogen and oxygen atoms in total. The van der Waals surface area contributed by atoms with Gasteiger partial charge in [0.05, 0.1) is 0 Å². The fourth-order valence-corrected chi connectivity index (χ4v) is 2.86. The normalized spacial score (nSPS) is 22.6. The van der Waals surface area contributed by atoms with Crippen molar-refractivity contribution in [3.05, 3.63) is 34.3 Å². The number of hydrogen-bond acceptors (Lipinski definition) is 2. The summed E-state index contributed by atoms with van der Waals surface area (Å²) in [6.45, 7) is 2.30. The highest BCUT2D eigenvalue weighted by molar-refractivity contribution is 9.10. The number of nitrogens with zero attached hydrogens (tertiary/aromatic N) is 1. The predicted molar refractivity (Wildman–Crippen MR) is 71.5 cm³/mol. The Kier molecular flexibility index (Phi) is 4.00. The minimum atomic E-state index is 0.531. The third-order valence-corrected chi connectivity index (χ3v) is 3.84. The fraction of sp³-hybridized carbons (Fsp3) is 0.538. The van der Waals surface area contributed by atoms with E-state index in [1.807, 2.05) is 0 Å². The lowest BCUT2D eigenvalue weighted by Gasteiger charge is -2.30. The van der Waals surface area contributed by atoms with Crippen LogP contribution in [0.15, 0.2) is 28.7 Å². The molecule has 3 heteroatoms. The summed E-state index contributed by atoms with van der Waals surface area (Å²) in [4.78, 5) is 2.33. The first-order valence-corrected chi connectivity index (χ1v) is 6.60. The van der Waals surface area contributed by atoms with Crippen LogP contribution in [0.5, 0.6) is 0 Å². The highest BCUT2D eigenvalue weighted by Gasteiger charge is 2.27. The van der Waals surface area contributed by atoms with E-state index in [9.17, 15) is 0 Å². The van der Waals surface area contributed by atoms with Gasteiger partial charge >= 0.3 is 0 Å². The number of benzene rings is 1. The second-order valence-electron chi connectivity index (χ2n) is 4.71. The highest BCUT2D eigenvalue weighted by atomic mass is 79.9. The van der Waals surface area contributed by atoms with Gasteiger partial charge in [-0.05, 0) is 57.2 Å². The van der Waals surface area contributed by atoms with Crippen molar-refractivity contribution in [1.82, 2.24) is 10.2 Å². The minimum Gasteiger partial charge on any atom is -0.316 e. The topological polar surface area (TPSA) is 15.3 Å². The maximum absolute atomic E-state index is 3.49. The van der Waals surface area contributed by atoms with Gasteiger partial charge in [-0.3, -0.25) is 0 Å². The van der Waals surface area contributed by atoms with Crippen LogP contribution in [-0.4, -0.2) is 32.1 Å². The van der Waals surface area contributed by atoms with Gasteiger partial charge in [0.2, 0.25) is 0 Å². The quantitative estimate of drug-likeness (QED) is 0.917. The Morgan fingerprint density at radius 3 is 2.50 bits per heavy atom. The second-order valence-corrected chi connectivity index (χ2v) is 5.63. The van der Waals surface area contributed by atoms with E-state index in [2.05, 4.69) is 64.5 Å². The smallest absolute Gasteiger partial charge is 0.0382 e. The van der Waals surface area contributed by atoms with E-state index in [1.165, 1.54) is 12.0 Å². The Labute approximate surface area is 106 Å². The molecule has 0 aromatic heterocycles. The lowest BCUT2D eigenvalue weighted by Crippen LogP contribution is -2.28. The number of nitrogens with one attached hydrogen (secondary N) is 1. The Balaban J connectivity index is 2.21. The predicted octanol–water partition coefficient (Wildman–Crippen LogP) is 2.66. The molecule has 2 atom stereocenters. The fourth-order valence-electron chi connectivity index (χ4n) is 2.60. The van der Waals surface area contributed by atoms with Crippen molar-refractivity contribution in [3.8, 4) is 0 Å². The molecule has 0 saturated carbocycles. The van der Waals surface area contributed by atoms with Gasteiger partial charge in [-0.25, -0.2) is 0 Å². The van der Waals surface area contributed by atoms with Crippen LogP contribution < -0.4 is 5.32 Å². The molecule has 1 aliphatic heterocycles. The molecule has 1 fully saturated rings. The summed E-state index contributed by atoms with van der Waals surface area (Å²) in [7, 11) is 4.34. The van der Waals surface area contributed by atoms with Gasteiger partial charge in [-0.15, -0.1) is 0 Å². The second kappa shape index (κ2) is 5.30. The zero-order valence-electron chi connectivity index (χ0n) is 9.91. The Morgan fingerprint density at radius 2 is 2.00 bits per heavy atom. The van der Waals surface area contributed by atoms with Crippen molar-refractivity contribution in [3.63, 3.8) is 0 Å². The van der Waals surface area contributed by atoms with Crippen LogP contribution in [0.3, 0.4) is 0 Å². The lowest BCUT2D eigenvalue weighted by molar-refractivity contribution is 0.223. The van der Waals surface area contributed by atoms with E-state index in [-0.39, 0.29) is 0 Å². The number of halogens is 1. The van der Waals surface area contributed by atoms with Crippen molar-refractivity contribution in [2.45, 2.75) is 12.5 Å². The molecule has 0 spiro atoms. The van der Waals surface area contributed by atoms with Gasteiger partial charge < -0.3 is 10.2 Å². The molecule has 2 unspecified atom stereocenters. The molecule has 0 bridgehead atoms. The monoisotopic (exact) mass is 282 g/mol. The van der Waals surface area contributed by atoms with E-state index in [4.69, 9.17) is 0 Å². The van der Waals surface area contributed by atoms with E-state index >= 15 is 0 Å². The van der Waals surface area contributed by atoms with E-state index in [0.717, 1.165) is 23.5 Å². The summed E-state index contributed by atoms with van der Waals surface area (Å²) in [6, 6.07) is 9.26. The van der Waals surface area contributed by atoms with Crippen molar-refractivity contribution < 1.29 is 0 Å². The van der Waals surface area contributed by atoms with Crippen molar-refractivity contribution >= 4 is 15.9 Å². The first-order chi connectivity index (χ1) is 7.68. The Hall–Kier alpha value is -0.380. The largest absolute Gasteiger partial charge is 0.316 e. The van der Waals surface area contributed by atoms with Gasteiger partial charge in [-0.1, -0.05) is 28.1 Å². The Bertz CT molecular complexity index is 328. The van der Waals surface area contributed by atoms with Gasteiger partial charge in [0.15, 0.2) is 0 Å². The zero-order valence-corrected chi connectivity index (χ0v) is 11.5. The minimum absolute atomic E-state index is 0.531. The molecule has 1 saturated heterocycles. The molecule has 16 heavy (non-hydrogen) atoms. The number of rotatable bonds is 3. The third-order valence-electron chi connectivity index (χ3n) is 3.31. The molecule has 1 heterocycles. The van der Waals surface area contributed by atoms with Gasteiger partial charge in [-0.2, -0.15) is 0 Å². The molecule has 0 amide bonds. The molecule has 0 aliphatic carbocycles. The van der Waals surface area contributed by atoms with E-state index in [0.29, 0.717) is 6.04 Å². The SMILES string of the molecule is CN(C)C(c1ccc(Br)cc1)C1CCNC1. The van der Waals surface area contributed by atoms with Gasteiger partial charge in [0, 0.05) is 10.5 Å². The average Bonchev–Trinajstić information content (AvgIpc) is 2.74. The first-order valence-electron chi connectivity index (χ1n) is 5.81. The molecule has 1 aliphatic rings. The molecule has 1 aromatic rings. The lowest BCUT2D eigenvalue weighted by atomic mass is 9.91. The van der Waals surface area contributed by atoms with Crippen LogP contribution in [0.4, 0.5) is 0 Å². The molecular weight excluding hydrogens is 264 g/mol. The molecular formula is C13H19BrN2. The maximum Gasteiger partial charge on any atom is 0.0382 e. The summed E-state index contributed by atoms with van der Waals surface area (Å²) in [6.07, 6.45) is 1.28. The molecule has 88 valence electrons. The summed E-state index contributed by atoms with van der Waals surface area (Å²) in [5.41, 5.74) is 1.42. The van der Waals surface area contributed by atoms with Crippen molar-refractivity contribution in [2.75, 3.05) is 27.2 Å². The number of hydrogen-bond donors (Lipinski definition) is 1. The van der Waals surface area contributed by atoms with Crippen LogP contribution >= 0.6 is 15.9 Å². The Morgan fingerprint density at radius 1 is 1.31 bits per heavy atom. The first kappa shape index (κ1) is 12.1. The molecule has 1 N–H and O–H groups in total. The van der Waals surface area contributed by atoms with E-state index in [1.54, 1.807) is 0 Å². The van der Waals surface area contributed by atoms with Crippen LogP contribution in [0.2, 0.25) is 0 Å². The third kappa shape index (κ3) is 2.65. The van der Waals surface area contributed by atoms with Crippen molar-refractivity contribution in [1.29, 1.82) is 0 Å². The average molecular weight is 283 g/mol. The molecule has 0 radical (unpaired) electrons. The zero-order chi connectivity index (χ0) is 11.5. The summed E-state index contributed by atoms with van der Waals surface area (Å²) in [5, 5.41) is 3.45. The van der Waals surface area contributed by atoms with Gasteiger partial charge in [0.1, 0.15) is 0 Å². The standard InChI is InChI=1S/C13H19BrN2/c1-16(2)13(11-7-8-15-9-11)10-3-5-12(14)6-4-10/h3-6,11,13,15H,7-9H2,1-2H3. The maximum atomic E-state index is 3.49.